The fraction of sp³-hybridized carbons (Fsp3) is 0.905. The molecule has 2 fully saturated rings. The van der Waals surface area contributed by atoms with Gasteiger partial charge in [0.25, 0.3) is 0 Å². The van der Waals surface area contributed by atoms with Crippen LogP contribution in [0.4, 0.5) is 0 Å². The van der Waals surface area contributed by atoms with Crippen molar-refractivity contribution in [2.24, 2.45) is 0 Å². The van der Waals surface area contributed by atoms with Crippen molar-refractivity contribution in [3.63, 3.8) is 0 Å². The quantitative estimate of drug-likeness (QED) is 0.599. The summed E-state index contributed by atoms with van der Waals surface area (Å²) in [5.74, 6) is 0.247. The second kappa shape index (κ2) is 9.64. The minimum atomic E-state index is -0.519. The molecule has 0 spiro atoms. The summed E-state index contributed by atoms with van der Waals surface area (Å²) in [5, 5.41) is 0. The lowest BCUT2D eigenvalue weighted by atomic mass is 9.90. The van der Waals surface area contributed by atoms with E-state index in [0.717, 1.165) is 19.4 Å². The van der Waals surface area contributed by atoms with E-state index in [0.29, 0.717) is 12.4 Å². The molecule has 1 saturated heterocycles. The smallest absolute Gasteiger partial charge is 0.324 e. The van der Waals surface area contributed by atoms with E-state index in [-0.39, 0.29) is 28.8 Å². The van der Waals surface area contributed by atoms with Crippen molar-refractivity contribution in [1.82, 2.24) is 4.90 Å². The molecule has 0 amide bonds. The minimum absolute atomic E-state index is 0.208. The third-order valence-electron chi connectivity index (χ3n) is 5.43. The second-order valence-corrected chi connectivity index (χ2v) is 10.6. The highest BCUT2D eigenvalue weighted by atomic mass is 32.2. The number of carbonyl (C=O) groups is 2. The summed E-state index contributed by atoms with van der Waals surface area (Å²) >= 11 is 1.88. The largest absolute Gasteiger partial charge is 0.465 e. The van der Waals surface area contributed by atoms with Crippen molar-refractivity contribution < 1.29 is 19.1 Å². The first-order valence-corrected chi connectivity index (χ1v) is 11.4. The van der Waals surface area contributed by atoms with Gasteiger partial charge in [-0.3, -0.25) is 14.5 Å². The Morgan fingerprint density at radius 3 is 2.44 bits per heavy atom. The average molecular weight is 400 g/mol. The Balaban J connectivity index is 2.09. The van der Waals surface area contributed by atoms with Crippen molar-refractivity contribution in [2.45, 2.75) is 102 Å². The van der Waals surface area contributed by atoms with Gasteiger partial charge in [-0.05, 0) is 59.9 Å². The first-order valence-electron chi connectivity index (χ1n) is 10.4. The molecule has 1 saturated carbocycles. The topological polar surface area (TPSA) is 55.8 Å². The van der Waals surface area contributed by atoms with E-state index in [1.165, 1.54) is 32.1 Å². The average Bonchev–Trinajstić information content (AvgIpc) is 3.04. The minimum Gasteiger partial charge on any atom is -0.465 e. The molecule has 1 aliphatic heterocycles. The molecule has 2 atom stereocenters. The molecule has 5 nitrogen and oxygen atoms in total. The van der Waals surface area contributed by atoms with Gasteiger partial charge in [0, 0.05) is 10.5 Å². The third-order valence-corrected chi connectivity index (χ3v) is 7.02. The highest BCUT2D eigenvalue weighted by Crippen LogP contribution is 2.40. The van der Waals surface area contributed by atoms with Crippen LogP contribution in [-0.2, 0) is 19.1 Å². The predicted octanol–water partition coefficient (Wildman–Crippen LogP) is 4.18. The highest BCUT2D eigenvalue weighted by Gasteiger charge is 2.42. The van der Waals surface area contributed by atoms with Gasteiger partial charge in [-0.25, -0.2) is 0 Å². The molecule has 0 N–H and O–H groups in total. The zero-order valence-electron chi connectivity index (χ0n) is 17.7. The SMILES string of the molecule is CCOC(=O)[C@H](CSC1(C)CCCCC1)N1CCC[C@H]1C(=O)OC(C)(C)C. The van der Waals surface area contributed by atoms with Crippen LogP contribution in [0.15, 0.2) is 0 Å². The molecule has 0 aromatic rings. The van der Waals surface area contributed by atoms with Gasteiger partial charge in [-0.2, -0.15) is 11.8 Å². The lowest BCUT2D eigenvalue weighted by Gasteiger charge is -2.36. The van der Waals surface area contributed by atoms with E-state index < -0.39 is 5.60 Å². The number of hydrogen-bond acceptors (Lipinski definition) is 6. The molecule has 1 aliphatic carbocycles. The third kappa shape index (κ3) is 6.67. The zero-order chi connectivity index (χ0) is 20.1. The van der Waals surface area contributed by atoms with Crippen molar-refractivity contribution >= 4 is 23.7 Å². The molecule has 2 rings (SSSR count). The van der Waals surface area contributed by atoms with Crippen LogP contribution < -0.4 is 0 Å². The number of thioether (sulfide) groups is 1. The van der Waals surface area contributed by atoms with Gasteiger partial charge < -0.3 is 9.47 Å². The van der Waals surface area contributed by atoms with E-state index in [2.05, 4.69) is 6.92 Å². The number of nitrogens with zero attached hydrogens (tertiary/aromatic N) is 1. The van der Waals surface area contributed by atoms with E-state index in [4.69, 9.17) is 9.47 Å². The van der Waals surface area contributed by atoms with Crippen LogP contribution >= 0.6 is 11.8 Å². The van der Waals surface area contributed by atoms with Gasteiger partial charge >= 0.3 is 11.9 Å². The van der Waals surface area contributed by atoms with Crippen LogP contribution in [0.3, 0.4) is 0 Å². The van der Waals surface area contributed by atoms with Crippen LogP contribution in [-0.4, -0.2) is 58.2 Å². The molecule has 0 unspecified atom stereocenters. The molecule has 27 heavy (non-hydrogen) atoms. The predicted molar refractivity (Wildman–Crippen MR) is 110 cm³/mol. The summed E-state index contributed by atoms with van der Waals surface area (Å²) in [5.41, 5.74) is -0.519. The van der Waals surface area contributed by atoms with Crippen molar-refractivity contribution in [3.8, 4) is 0 Å². The van der Waals surface area contributed by atoms with Gasteiger partial charge in [-0.1, -0.05) is 26.2 Å². The number of esters is 2. The van der Waals surface area contributed by atoms with Crippen molar-refractivity contribution in [2.75, 3.05) is 18.9 Å². The van der Waals surface area contributed by atoms with Crippen LogP contribution in [0.25, 0.3) is 0 Å². The van der Waals surface area contributed by atoms with E-state index in [1.807, 2.05) is 44.4 Å². The number of hydrogen-bond donors (Lipinski definition) is 0. The molecular formula is C21H37NO4S. The Bertz CT molecular complexity index is 511. The van der Waals surface area contributed by atoms with Gasteiger partial charge in [0.15, 0.2) is 0 Å². The van der Waals surface area contributed by atoms with Gasteiger partial charge in [0.05, 0.1) is 6.61 Å². The van der Waals surface area contributed by atoms with Crippen LogP contribution in [0.5, 0.6) is 0 Å². The van der Waals surface area contributed by atoms with Gasteiger partial charge in [0.1, 0.15) is 17.7 Å². The zero-order valence-corrected chi connectivity index (χ0v) is 18.5. The molecule has 2 aliphatic rings. The summed E-state index contributed by atoms with van der Waals surface area (Å²) in [7, 11) is 0. The Morgan fingerprint density at radius 2 is 1.85 bits per heavy atom. The standard InChI is InChI=1S/C21H37NO4S/c1-6-25-18(23)17(15-27-21(5)12-8-7-9-13-21)22-14-10-11-16(22)19(24)26-20(2,3)4/h16-17H,6-15H2,1-5H3/t16-,17-/m0/s1. The summed E-state index contributed by atoms with van der Waals surface area (Å²) in [6.07, 6.45) is 7.87. The molecule has 0 bridgehead atoms. The van der Waals surface area contributed by atoms with Crippen LogP contribution in [0.1, 0.15) is 79.6 Å². The van der Waals surface area contributed by atoms with Crippen LogP contribution in [0, 0.1) is 0 Å². The summed E-state index contributed by atoms with van der Waals surface area (Å²) in [4.78, 5) is 27.5. The fourth-order valence-electron chi connectivity index (χ4n) is 4.05. The normalized spacial score (nSPS) is 24.4. The Morgan fingerprint density at radius 1 is 1.19 bits per heavy atom. The first-order chi connectivity index (χ1) is 12.7. The maximum atomic E-state index is 12.7. The Labute approximate surface area is 168 Å². The fourth-order valence-corrected chi connectivity index (χ4v) is 5.51. The Hall–Kier alpha value is -0.750. The summed E-state index contributed by atoms with van der Waals surface area (Å²) in [6, 6.07) is -0.730. The first kappa shape index (κ1) is 22.5. The summed E-state index contributed by atoms with van der Waals surface area (Å²) < 4.78 is 11.2. The second-order valence-electron chi connectivity index (χ2n) is 9.02. The number of carbonyl (C=O) groups excluding carboxylic acids is 2. The molecule has 6 heteroatoms. The number of likely N-dealkylation sites (tertiary alicyclic amines) is 1. The summed E-state index contributed by atoms with van der Waals surface area (Å²) in [6.45, 7) is 10.9. The molecule has 156 valence electrons. The highest BCUT2D eigenvalue weighted by molar-refractivity contribution is 8.00. The van der Waals surface area contributed by atoms with Crippen LogP contribution in [0.2, 0.25) is 0 Å². The maximum absolute atomic E-state index is 12.7. The number of ether oxygens (including phenoxy) is 2. The lowest BCUT2D eigenvalue weighted by Crippen LogP contribution is -2.51. The Kier molecular flexibility index (Phi) is 8.05. The monoisotopic (exact) mass is 399 g/mol. The van der Waals surface area contributed by atoms with E-state index in [1.54, 1.807) is 0 Å². The van der Waals surface area contributed by atoms with Gasteiger partial charge in [0.2, 0.25) is 0 Å². The van der Waals surface area contributed by atoms with E-state index in [9.17, 15) is 9.59 Å². The molecule has 0 radical (unpaired) electrons. The van der Waals surface area contributed by atoms with Crippen molar-refractivity contribution in [3.05, 3.63) is 0 Å². The molecular weight excluding hydrogens is 362 g/mol. The molecule has 0 aromatic carbocycles. The van der Waals surface area contributed by atoms with E-state index >= 15 is 0 Å². The molecule has 0 aromatic heterocycles. The lowest BCUT2D eigenvalue weighted by molar-refractivity contribution is -0.163. The van der Waals surface area contributed by atoms with Crippen molar-refractivity contribution in [1.29, 1.82) is 0 Å². The number of rotatable bonds is 7. The molecule has 1 heterocycles. The maximum Gasteiger partial charge on any atom is 0.324 e. The van der Waals surface area contributed by atoms with Gasteiger partial charge in [-0.15, -0.1) is 0 Å².